The van der Waals surface area contributed by atoms with Gasteiger partial charge >= 0.3 is 11.9 Å². The summed E-state index contributed by atoms with van der Waals surface area (Å²) in [5, 5.41) is 3.91. The molecule has 0 amide bonds. The smallest absolute Gasteiger partial charge is 0.339 e. The maximum atomic E-state index is 12.3. The summed E-state index contributed by atoms with van der Waals surface area (Å²) < 4.78 is 17.2. The van der Waals surface area contributed by atoms with Gasteiger partial charge in [0.2, 0.25) is 5.82 Å². The van der Waals surface area contributed by atoms with Gasteiger partial charge in [-0.1, -0.05) is 35.0 Å². The van der Waals surface area contributed by atoms with E-state index in [2.05, 4.69) is 10.1 Å². The molecule has 0 bridgehead atoms. The van der Waals surface area contributed by atoms with Crippen molar-refractivity contribution in [3.8, 4) is 11.4 Å². The first-order valence-electron chi connectivity index (χ1n) is 9.28. The average Bonchev–Trinajstić information content (AvgIpc) is 3.27. The Balaban J connectivity index is 1.61. The molecular weight excluding hydrogens is 374 g/mol. The highest BCUT2D eigenvalue weighted by Gasteiger charge is 2.19. The highest BCUT2D eigenvalue weighted by Crippen LogP contribution is 2.18. The van der Waals surface area contributed by atoms with E-state index in [-0.39, 0.29) is 19.0 Å². The Morgan fingerprint density at radius 3 is 2.52 bits per heavy atom. The van der Waals surface area contributed by atoms with Gasteiger partial charge < -0.3 is 18.6 Å². The molecule has 8 heteroatoms. The van der Waals surface area contributed by atoms with Crippen molar-refractivity contribution in [1.29, 1.82) is 0 Å². The number of carbonyl (C=O) groups excluding carboxylic acids is 2. The molecule has 0 aliphatic carbocycles. The zero-order valence-electron chi connectivity index (χ0n) is 16.9. The fourth-order valence-corrected chi connectivity index (χ4v) is 2.91. The largest absolute Gasteiger partial charge is 0.462 e. The topological polar surface area (TPSA) is 96.5 Å². The second kappa shape index (κ2) is 8.72. The lowest BCUT2D eigenvalue weighted by atomic mass is 10.1. The minimum absolute atomic E-state index is 0.0317. The van der Waals surface area contributed by atoms with E-state index in [1.165, 1.54) is 0 Å². The quantitative estimate of drug-likeness (QED) is 0.564. The molecule has 1 aromatic carbocycles. The van der Waals surface area contributed by atoms with Gasteiger partial charge in [-0.15, -0.1) is 0 Å². The van der Waals surface area contributed by atoms with Crippen molar-refractivity contribution in [1.82, 2.24) is 14.7 Å². The number of aryl methyl sites for hydroxylation is 2. The molecule has 29 heavy (non-hydrogen) atoms. The number of ether oxygens (including phenoxy) is 2. The van der Waals surface area contributed by atoms with Crippen molar-refractivity contribution >= 4 is 11.9 Å². The van der Waals surface area contributed by atoms with Gasteiger partial charge in [-0.3, -0.25) is 4.79 Å². The normalized spacial score (nSPS) is 10.8. The predicted molar refractivity (Wildman–Crippen MR) is 104 cm³/mol. The maximum Gasteiger partial charge on any atom is 0.339 e. The monoisotopic (exact) mass is 397 g/mol. The van der Waals surface area contributed by atoms with Crippen LogP contribution in [0.1, 0.15) is 40.1 Å². The van der Waals surface area contributed by atoms with E-state index in [9.17, 15) is 9.59 Å². The molecule has 2 aromatic heterocycles. The number of esters is 2. The van der Waals surface area contributed by atoms with Gasteiger partial charge in [-0.25, -0.2) is 4.79 Å². The van der Waals surface area contributed by atoms with Gasteiger partial charge in [0.15, 0.2) is 6.61 Å². The average molecular weight is 397 g/mol. The first kappa shape index (κ1) is 20.3. The van der Waals surface area contributed by atoms with Crippen LogP contribution in [0.15, 0.2) is 34.9 Å². The Labute approximate surface area is 168 Å². The van der Waals surface area contributed by atoms with Crippen LogP contribution in [0, 0.1) is 20.8 Å². The van der Waals surface area contributed by atoms with Crippen molar-refractivity contribution in [2.24, 2.45) is 0 Å². The van der Waals surface area contributed by atoms with Gasteiger partial charge in [0.05, 0.1) is 12.2 Å². The summed E-state index contributed by atoms with van der Waals surface area (Å²) in [6.07, 6.45) is 0. The summed E-state index contributed by atoms with van der Waals surface area (Å²) in [5.74, 6) is -0.235. The molecule has 0 N–H and O–H groups in total. The van der Waals surface area contributed by atoms with E-state index < -0.39 is 11.9 Å². The van der Waals surface area contributed by atoms with Crippen LogP contribution in [0.25, 0.3) is 11.4 Å². The molecule has 0 radical (unpaired) electrons. The van der Waals surface area contributed by atoms with Gasteiger partial charge in [-0.05, 0) is 33.8 Å². The van der Waals surface area contributed by atoms with E-state index in [1.807, 2.05) is 38.1 Å². The fourth-order valence-electron chi connectivity index (χ4n) is 2.91. The van der Waals surface area contributed by atoms with Crippen molar-refractivity contribution < 1.29 is 23.6 Å². The Kier molecular flexibility index (Phi) is 6.11. The summed E-state index contributed by atoms with van der Waals surface area (Å²) in [6.45, 7) is 7.45. The van der Waals surface area contributed by atoms with E-state index >= 15 is 0 Å². The van der Waals surface area contributed by atoms with Gasteiger partial charge in [0.25, 0.3) is 5.89 Å². The molecule has 0 aliphatic rings. The molecule has 8 nitrogen and oxygen atoms in total. The minimum Gasteiger partial charge on any atom is -0.462 e. The third-order valence-electron chi connectivity index (χ3n) is 4.49. The lowest BCUT2D eigenvalue weighted by molar-refractivity contribution is -0.146. The number of benzene rings is 1. The van der Waals surface area contributed by atoms with Gasteiger partial charge in [0, 0.05) is 17.0 Å². The van der Waals surface area contributed by atoms with Crippen LogP contribution >= 0.6 is 0 Å². The summed E-state index contributed by atoms with van der Waals surface area (Å²) in [6, 6.07) is 9.41. The predicted octanol–water partition coefficient (Wildman–Crippen LogP) is 3.38. The molecule has 3 aromatic rings. The van der Waals surface area contributed by atoms with Crippen molar-refractivity contribution in [2.75, 3.05) is 6.61 Å². The SMILES string of the molecule is CCOC(=O)c1cc(C)n(CC(=O)OCc2nc(-c3ccc(C)cc3)no2)c1C. The van der Waals surface area contributed by atoms with Crippen molar-refractivity contribution in [2.45, 2.75) is 40.8 Å². The molecule has 0 saturated heterocycles. The number of hydrogen-bond donors (Lipinski definition) is 0. The Bertz CT molecular complexity index is 1020. The zero-order valence-corrected chi connectivity index (χ0v) is 16.9. The van der Waals surface area contributed by atoms with Crippen LogP contribution in [0.2, 0.25) is 0 Å². The zero-order chi connectivity index (χ0) is 21.0. The standard InChI is InChI=1S/C21H23N3O5/c1-5-27-21(26)17-10-14(3)24(15(17)4)11-19(25)28-12-18-22-20(23-29-18)16-8-6-13(2)7-9-16/h6-10H,5,11-12H2,1-4H3. The molecule has 152 valence electrons. The summed E-state index contributed by atoms with van der Waals surface area (Å²) in [5.41, 5.74) is 3.81. The summed E-state index contributed by atoms with van der Waals surface area (Å²) in [4.78, 5) is 28.5. The molecule has 0 spiro atoms. The Morgan fingerprint density at radius 1 is 1.10 bits per heavy atom. The van der Waals surface area contributed by atoms with E-state index in [1.54, 1.807) is 24.5 Å². The number of nitrogens with zero attached hydrogens (tertiary/aromatic N) is 3. The Hall–Kier alpha value is -3.42. The third-order valence-corrected chi connectivity index (χ3v) is 4.49. The number of rotatable bonds is 7. The van der Waals surface area contributed by atoms with Crippen LogP contribution in [0.4, 0.5) is 0 Å². The van der Waals surface area contributed by atoms with Crippen LogP contribution in [0.5, 0.6) is 0 Å². The lowest BCUT2D eigenvalue weighted by Gasteiger charge is -2.09. The lowest BCUT2D eigenvalue weighted by Crippen LogP contribution is -2.16. The number of carbonyl (C=O) groups is 2. The highest BCUT2D eigenvalue weighted by atomic mass is 16.6. The molecular formula is C21H23N3O5. The second-order valence-corrected chi connectivity index (χ2v) is 6.63. The molecule has 0 aliphatic heterocycles. The van der Waals surface area contributed by atoms with Crippen LogP contribution < -0.4 is 0 Å². The number of hydrogen-bond acceptors (Lipinski definition) is 7. The van der Waals surface area contributed by atoms with Crippen LogP contribution in [-0.4, -0.2) is 33.3 Å². The third kappa shape index (κ3) is 4.71. The number of aromatic nitrogens is 3. The summed E-state index contributed by atoms with van der Waals surface area (Å²) >= 11 is 0. The van der Waals surface area contributed by atoms with E-state index in [0.717, 1.165) is 16.8 Å². The molecule has 0 atom stereocenters. The van der Waals surface area contributed by atoms with Gasteiger partial charge in [0.1, 0.15) is 6.54 Å². The summed E-state index contributed by atoms with van der Waals surface area (Å²) in [7, 11) is 0. The molecule has 0 fully saturated rings. The maximum absolute atomic E-state index is 12.3. The van der Waals surface area contributed by atoms with Crippen molar-refractivity contribution in [3.63, 3.8) is 0 Å². The van der Waals surface area contributed by atoms with E-state index in [0.29, 0.717) is 23.7 Å². The Morgan fingerprint density at radius 2 is 1.83 bits per heavy atom. The minimum atomic E-state index is -0.475. The van der Waals surface area contributed by atoms with Gasteiger partial charge in [-0.2, -0.15) is 4.98 Å². The molecule has 0 unspecified atom stereocenters. The second-order valence-electron chi connectivity index (χ2n) is 6.63. The molecule has 3 rings (SSSR count). The first-order chi connectivity index (χ1) is 13.9. The first-order valence-corrected chi connectivity index (χ1v) is 9.28. The van der Waals surface area contributed by atoms with Crippen LogP contribution in [-0.2, 0) is 27.4 Å². The molecule has 0 saturated carbocycles. The van der Waals surface area contributed by atoms with Crippen LogP contribution in [0.3, 0.4) is 0 Å². The molecule has 2 heterocycles. The van der Waals surface area contributed by atoms with Crippen molar-refractivity contribution in [3.05, 3.63) is 58.7 Å². The van der Waals surface area contributed by atoms with E-state index in [4.69, 9.17) is 14.0 Å². The highest BCUT2D eigenvalue weighted by molar-refractivity contribution is 5.91. The fraction of sp³-hybridized carbons (Fsp3) is 0.333.